The van der Waals surface area contributed by atoms with E-state index in [4.69, 9.17) is 10.5 Å². The van der Waals surface area contributed by atoms with Crippen molar-refractivity contribution in [3.05, 3.63) is 47.8 Å². The zero-order chi connectivity index (χ0) is 14.7. The predicted octanol–water partition coefficient (Wildman–Crippen LogP) is 2.36. The topological polar surface area (TPSA) is 70.1 Å². The van der Waals surface area contributed by atoms with E-state index in [1.165, 1.54) is 7.11 Å². The molecule has 0 unspecified atom stereocenters. The summed E-state index contributed by atoms with van der Waals surface area (Å²) in [6.07, 6.45) is 1.55. The molecule has 5 nitrogen and oxygen atoms in total. The summed E-state index contributed by atoms with van der Waals surface area (Å²) in [6, 6.07) is 8.62. The van der Waals surface area contributed by atoms with Crippen LogP contribution in [-0.2, 0) is 0 Å². The van der Waals surface area contributed by atoms with E-state index in [0.717, 1.165) is 5.56 Å². The van der Waals surface area contributed by atoms with Gasteiger partial charge in [0, 0.05) is 6.04 Å². The molecule has 0 saturated carbocycles. The average molecular weight is 273 g/mol. The van der Waals surface area contributed by atoms with Crippen LogP contribution in [0.4, 0.5) is 0 Å². The average Bonchev–Trinajstić information content (AvgIpc) is 2.90. The number of rotatable bonds is 5. The number of ketones is 1. The van der Waals surface area contributed by atoms with Crippen LogP contribution in [0, 0.1) is 0 Å². The Labute approximate surface area is 118 Å². The first-order chi connectivity index (χ1) is 9.56. The van der Waals surface area contributed by atoms with E-state index in [2.05, 4.69) is 5.10 Å². The van der Waals surface area contributed by atoms with E-state index in [0.29, 0.717) is 11.4 Å². The van der Waals surface area contributed by atoms with Crippen LogP contribution in [0.3, 0.4) is 0 Å². The summed E-state index contributed by atoms with van der Waals surface area (Å²) in [7, 11) is 1.52. The molecule has 1 atom stereocenters. The second-order valence-corrected chi connectivity index (χ2v) is 4.85. The van der Waals surface area contributed by atoms with E-state index in [-0.39, 0.29) is 11.8 Å². The fraction of sp³-hybridized carbons (Fsp3) is 0.333. The van der Waals surface area contributed by atoms with Gasteiger partial charge in [-0.1, -0.05) is 30.3 Å². The Bertz CT molecular complexity index is 590. The van der Waals surface area contributed by atoms with Crippen molar-refractivity contribution in [2.75, 3.05) is 7.11 Å². The van der Waals surface area contributed by atoms with Crippen molar-refractivity contribution < 1.29 is 9.53 Å². The summed E-state index contributed by atoms with van der Waals surface area (Å²) in [5, 5.41) is 4.20. The Morgan fingerprint density at radius 2 is 1.95 bits per heavy atom. The van der Waals surface area contributed by atoms with Crippen LogP contribution in [0.2, 0.25) is 0 Å². The number of hydrogen-bond acceptors (Lipinski definition) is 4. The monoisotopic (exact) mass is 273 g/mol. The van der Waals surface area contributed by atoms with Gasteiger partial charge in [0.05, 0.1) is 19.3 Å². The Morgan fingerprint density at radius 1 is 1.30 bits per heavy atom. The van der Waals surface area contributed by atoms with Gasteiger partial charge >= 0.3 is 0 Å². The second kappa shape index (κ2) is 5.88. The van der Waals surface area contributed by atoms with Crippen LogP contribution < -0.4 is 10.5 Å². The van der Waals surface area contributed by atoms with Gasteiger partial charge in [0.1, 0.15) is 5.69 Å². The predicted molar refractivity (Wildman–Crippen MR) is 76.9 cm³/mol. The SMILES string of the molecule is COc1cnn(C(C)C)c1C(=O)[C@H](N)c1ccccc1. The summed E-state index contributed by atoms with van der Waals surface area (Å²) in [4.78, 5) is 12.6. The van der Waals surface area contributed by atoms with E-state index in [9.17, 15) is 4.79 Å². The van der Waals surface area contributed by atoms with Crippen molar-refractivity contribution in [3.8, 4) is 5.75 Å². The molecule has 2 aromatic rings. The summed E-state index contributed by atoms with van der Waals surface area (Å²) >= 11 is 0. The van der Waals surface area contributed by atoms with E-state index in [1.807, 2.05) is 44.2 Å². The zero-order valence-electron chi connectivity index (χ0n) is 11.9. The number of hydrogen-bond donors (Lipinski definition) is 1. The highest BCUT2D eigenvalue weighted by molar-refractivity contribution is 6.01. The Morgan fingerprint density at radius 3 is 2.50 bits per heavy atom. The third kappa shape index (κ3) is 2.58. The quantitative estimate of drug-likeness (QED) is 0.849. The molecule has 106 valence electrons. The third-order valence-corrected chi connectivity index (χ3v) is 3.15. The van der Waals surface area contributed by atoms with Crippen molar-refractivity contribution >= 4 is 5.78 Å². The molecule has 0 spiro atoms. The number of benzene rings is 1. The molecule has 2 N–H and O–H groups in total. The molecule has 1 heterocycles. The van der Waals surface area contributed by atoms with Crippen molar-refractivity contribution in [2.24, 2.45) is 5.73 Å². The first kappa shape index (κ1) is 14.3. The van der Waals surface area contributed by atoms with Gasteiger partial charge in [-0.2, -0.15) is 5.10 Å². The molecule has 0 radical (unpaired) electrons. The number of nitrogens with zero attached hydrogens (tertiary/aromatic N) is 2. The van der Waals surface area contributed by atoms with Crippen LogP contribution in [0.1, 0.15) is 42.0 Å². The summed E-state index contributed by atoms with van der Waals surface area (Å²) < 4.78 is 6.87. The standard InChI is InChI=1S/C15H19N3O2/c1-10(2)18-14(12(20-3)9-17-18)15(19)13(16)11-7-5-4-6-8-11/h4-10,13H,16H2,1-3H3/t13-/m1/s1. The molecule has 0 aliphatic rings. The number of nitrogens with two attached hydrogens (primary N) is 1. The third-order valence-electron chi connectivity index (χ3n) is 3.15. The highest BCUT2D eigenvalue weighted by atomic mass is 16.5. The fourth-order valence-corrected chi connectivity index (χ4v) is 2.08. The number of ether oxygens (including phenoxy) is 1. The minimum Gasteiger partial charge on any atom is -0.493 e. The molecule has 0 amide bonds. The molecule has 5 heteroatoms. The summed E-state index contributed by atoms with van der Waals surface area (Å²) in [6.45, 7) is 3.91. The molecule has 20 heavy (non-hydrogen) atoms. The lowest BCUT2D eigenvalue weighted by Crippen LogP contribution is -2.25. The summed E-state index contributed by atoms with van der Waals surface area (Å²) in [5.74, 6) is 0.259. The zero-order valence-corrected chi connectivity index (χ0v) is 11.9. The maximum absolute atomic E-state index is 12.6. The van der Waals surface area contributed by atoms with Gasteiger partial charge in [-0.15, -0.1) is 0 Å². The normalized spacial score (nSPS) is 12.4. The Hall–Kier alpha value is -2.14. The molecule has 0 aliphatic carbocycles. The lowest BCUT2D eigenvalue weighted by atomic mass is 10.0. The first-order valence-corrected chi connectivity index (χ1v) is 6.52. The lowest BCUT2D eigenvalue weighted by Gasteiger charge is -2.15. The molecule has 0 bridgehead atoms. The minimum atomic E-state index is -0.723. The Kier molecular flexibility index (Phi) is 4.20. The number of aromatic nitrogens is 2. The molecule has 1 aromatic carbocycles. The van der Waals surface area contributed by atoms with Gasteiger partial charge in [0.15, 0.2) is 5.75 Å². The van der Waals surface area contributed by atoms with Gasteiger partial charge in [0.25, 0.3) is 0 Å². The van der Waals surface area contributed by atoms with Crippen LogP contribution in [0.25, 0.3) is 0 Å². The fourth-order valence-electron chi connectivity index (χ4n) is 2.08. The highest BCUT2D eigenvalue weighted by Gasteiger charge is 2.26. The molecule has 0 aliphatic heterocycles. The maximum atomic E-state index is 12.6. The van der Waals surface area contributed by atoms with E-state index >= 15 is 0 Å². The lowest BCUT2D eigenvalue weighted by molar-refractivity contribution is 0.0945. The van der Waals surface area contributed by atoms with Crippen LogP contribution in [-0.4, -0.2) is 22.7 Å². The first-order valence-electron chi connectivity index (χ1n) is 6.52. The van der Waals surface area contributed by atoms with Crippen molar-refractivity contribution in [1.29, 1.82) is 0 Å². The smallest absolute Gasteiger partial charge is 0.205 e. The van der Waals surface area contributed by atoms with Gasteiger partial charge in [0.2, 0.25) is 5.78 Å². The number of carbonyl (C=O) groups is 1. The molecule has 1 aromatic heterocycles. The Balaban J connectivity index is 2.40. The van der Waals surface area contributed by atoms with Crippen molar-refractivity contribution in [1.82, 2.24) is 9.78 Å². The molecule has 0 saturated heterocycles. The summed E-state index contributed by atoms with van der Waals surface area (Å²) in [5.41, 5.74) is 7.27. The molecular formula is C15H19N3O2. The van der Waals surface area contributed by atoms with Gasteiger partial charge in [-0.3, -0.25) is 9.48 Å². The molecular weight excluding hydrogens is 254 g/mol. The minimum absolute atomic E-state index is 0.0563. The number of methoxy groups -OCH3 is 1. The second-order valence-electron chi connectivity index (χ2n) is 4.85. The maximum Gasteiger partial charge on any atom is 0.205 e. The molecule has 2 rings (SSSR count). The van der Waals surface area contributed by atoms with Crippen LogP contribution in [0.5, 0.6) is 5.75 Å². The van der Waals surface area contributed by atoms with Gasteiger partial charge in [-0.05, 0) is 19.4 Å². The van der Waals surface area contributed by atoms with Gasteiger partial charge < -0.3 is 10.5 Å². The molecule has 0 fully saturated rings. The van der Waals surface area contributed by atoms with E-state index in [1.54, 1.807) is 10.9 Å². The van der Waals surface area contributed by atoms with Crippen LogP contribution in [0.15, 0.2) is 36.5 Å². The number of carbonyl (C=O) groups excluding carboxylic acids is 1. The van der Waals surface area contributed by atoms with E-state index < -0.39 is 6.04 Å². The van der Waals surface area contributed by atoms with Gasteiger partial charge in [-0.25, -0.2) is 0 Å². The number of Topliss-reactive ketones (excluding diaryl/α,β-unsaturated/α-hetero) is 1. The van der Waals surface area contributed by atoms with Crippen LogP contribution >= 0.6 is 0 Å². The van der Waals surface area contributed by atoms with Crippen molar-refractivity contribution in [3.63, 3.8) is 0 Å². The van der Waals surface area contributed by atoms with Crippen molar-refractivity contribution in [2.45, 2.75) is 25.9 Å². The highest BCUT2D eigenvalue weighted by Crippen LogP contribution is 2.26. The largest absolute Gasteiger partial charge is 0.493 e.